The van der Waals surface area contributed by atoms with Crippen molar-refractivity contribution >= 4 is 17.6 Å². The van der Waals surface area contributed by atoms with Gasteiger partial charge < -0.3 is 10.0 Å². The van der Waals surface area contributed by atoms with Crippen molar-refractivity contribution in [3.05, 3.63) is 65.2 Å². The average molecular weight is 491 g/mol. The number of para-hydroxylation sites is 1. The Hall–Kier alpha value is -2.66. The molecule has 0 saturated heterocycles. The molecule has 1 aliphatic carbocycles. The summed E-state index contributed by atoms with van der Waals surface area (Å²) in [6.07, 6.45) is 9.03. The third-order valence-electron chi connectivity index (χ3n) is 8.00. The first-order valence-electron chi connectivity index (χ1n) is 13.7. The van der Waals surface area contributed by atoms with E-state index in [1.807, 2.05) is 23.1 Å². The molecule has 2 unspecified atom stereocenters. The van der Waals surface area contributed by atoms with Crippen LogP contribution in [-0.4, -0.2) is 29.1 Å². The quantitative estimate of drug-likeness (QED) is 0.460. The number of carboxylic acids is 1. The normalized spacial score (nSPS) is 20.0. The molecule has 0 aromatic heterocycles. The van der Waals surface area contributed by atoms with Crippen LogP contribution in [0.2, 0.25) is 0 Å². The van der Waals surface area contributed by atoms with E-state index in [0.29, 0.717) is 25.3 Å². The lowest BCUT2D eigenvalue weighted by atomic mass is 9.85. The Kier molecular flexibility index (Phi) is 8.50. The lowest BCUT2D eigenvalue weighted by Crippen LogP contribution is -2.51. The number of aliphatic carboxylic acids is 1. The molecule has 2 aromatic rings. The van der Waals surface area contributed by atoms with E-state index >= 15 is 0 Å². The number of amides is 1. The Morgan fingerprint density at radius 2 is 1.72 bits per heavy atom. The van der Waals surface area contributed by atoms with Gasteiger partial charge in [-0.05, 0) is 59.8 Å². The largest absolute Gasteiger partial charge is 0.480 e. The van der Waals surface area contributed by atoms with Crippen LogP contribution >= 0.6 is 0 Å². The number of nitrogens with one attached hydrogen (secondary N) is 1. The molecule has 4 rings (SSSR count). The van der Waals surface area contributed by atoms with Crippen LogP contribution in [-0.2, 0) is 28.0 Å². The Morgan fingerprint density at radius 1 is 1.03 bits per heavy atom. The number of carbonyl (C=O) groups is 2. The first-order valence-corrected chi connectivity index (χ1v) is 13.7. The summed E-state index contributed by atoms with van der Waals surface area (Å²) >= 11 is 0. The van der Waals surface area contributed by atoms with Crippen molar-refractivity contribution in [1.82, 2.24) is 5.32 Å². The number of rotatable bonds is 8. The number of carbonyl (C=O) groups excluding carboxylic acids is 1. The fourth-order valence-electron chi connectivity index (χ4n) is 5.73. The molecule has 2 aliphatic rings. The summed E-state index contributed by atoms with van der Waals surface area (Å²) in [7, 11) is 0. The number of hydrogen-bond donors (Lipinski definition) is 2. The number of carboxylic acid groups (broad SMARTS) is 1. The smallest absolute Gasteiger partial charge is 0.320 e. The summed E-state index contributed by atoms with van der Waals surface area (Å²) < 4.78 is 0. The van der Waals surface area contributed by atoms with E-state index in [1.165, 1.54) is 37.7 Å². The van der Waals surface area contributed by atoms with Gasteiger partial charge in [-0.1, -0.05) is 95.3 Å². The zero-order chi connectivity index (χ0) is 25.7. The lowest BCUT2D eigenvalue weighted by molar-refractivity contribution is -0.140. The van der Waals surface area contributed by atoms with Crippen LogP contribution in [0.5, 0.6) is 0 Å². The van der Waals surface area contributed by atoms with E-state index in [9.17, 15) is 14.7 Å². The maximum atomic E-state index is 13.9. The molecule has 1 fully saturated rings. The van der Waals surface area contributed by atoms with Gasteiger partial charge in [-0.25, -0.2) is 0 Å². The second-order valence-corrected chi connectivity index (χ2v) is 11.7. The number of fused-ring (bicyclic) bond motifs is 1. The molecule has 1 amide bonds. The van der Waals surface area contributed by atoms with Gasteiger partial charge in [-0.15, -0.1) is 0 Å². The minimum atomic E-state index is -0.857. The van der Waals surface area contributed by atoms with Gasteiger partial charge in [-0.3, -0.25) is 14.9 Å². The SMILES string of the molecule is CC(C)(C)c1ccc(CN2C(=O)C(NC(CCC3CCCCC3)C(=O)O)CCc3ccccc32)cc1. The Morgan fingerprint density at radius 3 is 2.39 bits per heavy atom. The van der Waals surface area contributed by atoms with Crippen molar-refractivity contribution in [3.63, 3.8) is 0 Å². The van der Waals surface area contributed by atoms with Crippen molar-refractivity contribution in [2.45, 2.75) is 103 Å². The van der Waals surface area contributed by atoms with Crippen molar-refractivity contribution in [1.29, 1.82) is 0 Å². The molecular weight excluding hydrogens is 448 g/mol. The van der Waals surface area contributed by atoms with E-state index in [2.05, 4.69) is 56.4 Å². The van der Waals surface area contributed by atoms with Crippen molar-refractivity contribution in [3.8, 4) is 0 Å². The summed E-state index contributed by atoms with van der Waals surface area (Å²) in [5.41, 5.74) is 4.47. The Bertz CT molecular complexity index is 1030. The van der Waals surface area contributed by atoms with Crippen molar-refractivity contribution in [2.24, 2.45) is 5.92 Å². The summed E-state index contributed by atoms with van der Waals surface area (Å²) in [5, 5.41) is 13.2. The molecule has 0 spiro atoms. The highest BCUT2D eigenvalue weighted by Crippen LogP contribution is 2.31. The minimum Gasteiger partial charge on any atom is -0.480 e. The first kappa shape index (κ1) is 26.4. The Labute approximate surface area is 216 Å². The third-order valence-corrected chi connectivity index (χ3v) is 8.00. The average Bonchev–Trinajstić information content (AvgIpc) is 2.99. The Balaban J connectivity index is 1.51. The van der Waals surface area contributed by atoms with Gasteiger partial charge in [0.1, 0.15) is 6.04 Å². The van der Waals surface area contributed by atoms with E-state index in [1.54, 1.807) is 0 Å². The van der Waals surface area contributed by atoms with E-state index < -0.39 is 18.1 Å². The van der Waals surface area contributed by atoms with Crippen LogP contribution in [0.1, 0.15) is 88.8 Å². The van der Waals surface area contributed by atoms with Gasteiger partial charge in [0.05, 0.1) is 12.6 Å². The molecule has 1 heterocycles. The van der Waals surface area contributed by atoms with Crippen LogP contribution in [0.4, 0.5) is 5.69 Å². The second-order valence-electron chi connectivity index (χ2n) is 11.7. The van der Waals surface area contributed by atoms with Gasteiger partial charge in [0.25, 0.3) is 0 Å². The van der Waals surface area contributed by atoms with Crippen LogP contribution in [0.25, 0.3) is 0 Å². The molecule has 5 nitrogen and oxygen atoms in total. The molecule has 5 heteroatoms. The topological polar surface area (TPSA) is 69.6 Å². The van der Waals surface area contributed by atoms with Crippen LogP contribution in [0.3, 0.4) is 0 Å². The molecule has 2 N–H and O–H groups in total. The number of anilines is 1. The van der Waals surface area contributed by atoms with Gasteiger partial charge >= 0.3 is 5.97 Å². The molecule has 1 saturated carbocycles. The molecule has 0 bridgehead atoms. The highest BCUT2D eigenvalue weighted by atomic mass is 16.4. The number of nitrogens with zero attached hydrogens (tertiary/aromatic N) is 1. The van der Waals surface area contributed by atoms with Crippen LogP contribution in [0, 0.1) is 5.92 Å². The van der Waals surface area contributed by atoms with Gasteiger partial charge in [0.15, 0.2) is 0 Å². The highest BCUT2D eigenvalue weighted by Gasteiger charge is 2.33. The first-order chi connectivity index (χ1) is 17.2. The van der Waals surface area contributed by atoms with Crippen molar-refractivity contribution in [2.75, 3.05) is 4.90 Å². The summed E-state index contributed by atoms with van der Waals surface area (Å²) in [5.74, 6) is -0.280. The maximum Gasteiger partial charge on any atom is 0.320 e. The fraction of sp³-hybridized carbons (Fsp3) is 0.548. The monoisotopic (exact) mass is 490 g/mol. The molecular formula is C31H42N2O3. The fourth-order valence-corrected chi connectivity index (χ4v) is 5.73. The standard InChI is InChI=1S/C31H42N2O3/c1-31(2,3)25-17-13-23(14-18-25)21-33-28-12-8-7-11-24(28)16-20-26(29(33)34)32-27(30(35)36)19-15-22-9-5-4-6-10-22/h7-8,11-14,17-18,22,26-27,32H,4-6,9-10,15-16,19-21H2,1-3H3,(H,35,36). The third kappa shape index (κ3) is 6.56. The van der Waals surface area contributed by atoms with Crippen molar-refractivity contribution < 1.29 is 14.7 Å². The van der Waals surface area contributed by atoms with Gasteiger partial charge in [0, 0.05) is 5.69 Å². The molecule has 2 aromatic carbocycles. The molecule has 194 valence electrons. The number of aryl methyl sites for hydroxylation is 1. The zero-order valence-electron chi connectivity index (χ0n) is 22.1. The van der Waals surface area contributed by atoms with E-state index in [-0.39, 0.29) is 11.3 Å². The highest BCUT2D eigenvalue weighted by molar-refractivity contribution is 5.98. The minimum absolute atomic E-state index is 0.0382. The number of hydrogen-bond acceptors (Lipinski definition) is 3. The zero-order valence-corrected chi connectivity index (χ0v) is 22.1. The predicted molar refractivity (Wildman–Crippen MR) is 145 cm³/mol. The van der Waals surface area contributed by atoms with E-state index in [0.717, 1.165) is 29.7 Å². The van der Waals surface area contributed by atoms with Crippen LogP contribution < -0.4 is 10.2 Å². The molecule has 1 aliphatic heterocycles. The number of benzene rings is 2. The predicted octanol–water partition coefficient (Wildman–Crippen LogP) is 6.24. The van der Waals surface area contributed by atoms with Gasteiger partial charge in [0.2, 0.25) is 5.91 Å². The maximum absolute atomic E-state index is 13.9. The van der Waals surface area contributed by atoms with E-state index in [4.69, 9.17) is 0 Å². The summed E-state index contributed by atoms with van der Waals surface area (Å²) in [6, 6.07) is 15.4. The summed E-state index contributed by atoms with van der Waals surface area (Å²) in [6.45, 7) is 7.05. The van der Waals surface area contributed by atoms with Gasteiger partial charge in [-0.2, -0.15) is 0 Å². The lowest BCUT2D eigenvalue weighted by Gasteiger charge is -2.29. The molecule has 2 atom stereocenters. The molecule has 0 radical (unpaired) electrons. The molecule has 36 heavy (non-hydrogen) atoms. The van der Waals surface area contributed by atoms with Crippen LogP contribution in [0.15, 0.2) is 48.5 Å². The summed E-state index contributed by atoms with van der Waals surface area (Å²) in [4.78, 5) is 27.9. The second kappa shape index (κ2) is 11.6.